The topological polar surface area (TPSA) is 71.4 Å². The van der Waals surface area contributed by atoms with Gasteiger partial charge in [-0.1, -0.05) is 0 Å². The second-order valence-electron chi connectivity index (χ2n) is 2.77. The summed E-state index contributed by atoms with van der Waals surface area (Å²) in [5, 5.41) is -0.844. The van der Waals surface area contributed by atoms with Gasteiger partial charge in [0.2, 0.25) is 0 Å². The Morgan fingerprint density at radius 2 is 2.09 bits per heavy atom. The molecule has 1 rings (SSSR count). The van der Waals surface area contributed by atoms with E-state index in [0.29, 0.717) is 19.3 Å². The summed E-state index contributed by atoms with van der Waals surface area (Å²) in [6.45, 7) is 0. The molecule has 0 bridgehead atoms. The number of hydrogen-bond acceptors (Lipinski definition) is 3. The largest absolute Gasteiger partial charge is 0.300 e. The third kappa shape index (κ3) is 2.27. The number of carbonyl (C=O) groups excluding carboxylic acids is 1. The average Bonchev–Trinajstić information content (AvgIpc) is 1.86. The van der Waals surface area contributed by atoms with E-state index in [2.05, 4.69) is 0 Å². The molecule has 5 heteroatoms. The zero-order valence-electron chi connectivity index (χ0n) is 5.99. The van der Waals surface area contributed by atoms with E-state index in [1.54, 1.807) is 0 Å². The molecule has 1 saturated carbocycles. The second kappa shape index (κ2) is 2.91. The molecule has 0 unspecified atom stereocenters. The number of hydrogen-bond donors (Lipinski definition) is 1. The van der Waals surface area contributed by atoms with Crippen LogP contribution in [0.25, 0.3) is 0 Å². The van der Waals surface area contributed by atoms with Crippen LogP contribution in [0.1, 0.15) is 25.7 Å². The molecular formula is C6H10O4S. The molecular weight excluding hydrogens is 168 g/mol. The molecule has 0 aliphatic heterocycles. The van der Waals surface area contributed by atoms with Gasteiger partial charge in [0, 0.05) is 12.8 Å². The van der Waals surface area contributed by atoms with Crippen molar-refractivity contribution >= 4 is 15.9 Å². The number of rotatable bonds is 1. The van der Waals surface area contributed by atoms with Gasteiger partial charge in [-0.05, 0) is 12.8 Å². The molecule has 1 fully saturated rings. The summed E-state index contributed by atoms with van der Waals surface area (Å²) in [6, 6.07) is 0. The molecule has 0 aromatic heterocycles. The maximum Gasteiger partial charge on any atom is 0.268 e. The summed E-state index contributed by atoms with van der Waals surface area (Å²) in [5.74, 6) is -0.0705. The molecule has 0 amide bonds. The predicted octanol–water partition coefficient (Wildman–Crippen LogP) is 0.386. The van der Waals surface area contributed by atoms with Gasteiger partial charge in [-0.25, -0.2) is 0 Å². The fourth-order valence-corrected chi connectivity index (χ4v) is 2.10. The van der Waals surface area contributed by atoms with Crippen LogP contribution in [0.2, 0.25) is 0 Å². The standard InChI is InChI=1S/C6H10O4S/c7-5-2-1-3-6(4-5)11(8,9)10/h6H,1-4H2,(H,8,9,10)/t6-/m0/s1. The van der Waals surface area contributed by atoms with Gasteiger partial charge in [0.15, 0.2) is 0 Å². The first-order chi connectivity index (χ1) is 5.00. The van der Waals surface area contributed by atoms with Gasteiger partial charge in [0.05, 0.1) is 5.25 Å². The van der Waals surface area contributed by atoms with Crippen LogP contribution in [0.15, 0.2) is 0 Å². The van der Waals surface area contributed by atoms with E-state index in [1.165, 1.54) is 0 Å². The van der Waals surface area contributed by atoms with E-state index in [0.717, 1.165) is 0 Å². The maximum absolute atomic E-state index is 10.7. The zero-order chi connectivity index (χ0) is 8.48. The van der Waals surface area contributed by atoms with E-state index in [4.69, 9.17) is 4.55 Å². The maximum atomic E-state index is 10.7. The highest BCUT2D eigenvalue weighted by Gasteiger charge is 2.28. The summed E-state index contributed by atoms with van der Waals surface area (Å²) in [6.07, 6.45) is 1.42. The van der Waals surface area contributed by atoms with Crippen molar-refractivity contribution in [3.05, 3.63) is 0 Å². The van der Waals surface area contributed by atoms with Gasteiger partial charge in [0.1, 0.15) is 5.78 Å². The summed E-state index contributed by atoms with van der Waals surface area (Å²) in [4.78, 5) is 10.7. The van der Waals surface area contributed by atoms with Crippen molar-refractivity contribution in [1.29, 1.82) is 0 Å². The quantitative estimate of drug-likeness (QED) is 0.589. The van der Waals surface area contributed by atoms with Crippen LogP contribution in [0, 0.1) is 0 Å². The molecule has 1 aliphatic rings. The first-order valence-electron chi connectivity index (χ1n) is 3.48. The van der Waals surface area contributed by atoms with E-state index < -0.39 is 15.4 Å². The monoisotopic (exact) mass is 178 g/mol. The highest BCUT2D eigenvalue weighted by Crippen LogP contribution is 2.20. The number of Topliss-reactive ketones (excluding diaryl/α,β-unsaturated/α-hetero) is 1. The summed E-state index contributed by atoms with van der Waals surface area (Å²) in [7, 11) is -3.98. The lowest BCUT2D eigenvalue weighted by Gasteiger charge is -2.17. The third-order valence-electron chi connectivity index (χ3n) is 1.86. The van der Waals surface area contributed by atoms with Crippen molar-refractivity contribution in [3.63, 3.8) is 0 Å². The minimum atomic E-state index is -3.98. The van der Waals surface area contributed by atoms with Crippen molar-refractivity contribution in [2.75, 3.05) is 0 Å². The highest BCUT2D eigenvalue weighted by atomic mass is 32.2. The van der Waals surface area contributed by atoms with E-state index in [1.807, 2.05) is 0 Å². The third-order valence-corrected chi connectivity index (χ3v) is 3.10. The van der Waals surface area contributed by atoms with Crippen LogP contribution in [0.5, 0.6) is 0 Å². The Morgan fingerprint density at radius 1 is 1.45 bits per heavy atom. The first kappa shape index (κ1) is 8.67. The Bertz CT molecular complexity index is 254. The molecule has 1 atom stereocenters. The van der Waals surface area contributed by atoms with Gasteiger partial charge in [-0.15, -0.1) is 0 Å². The molecule has 1 aliphatic carbocycles. The molecule has 0 heterocycles. The lowest BCUT2D eigenvalue weighted by Crippen LogP contribution is -2.27. The second-order valence-corrected chi connectivity index (χ2v) is 4.47. The van der Waals surface area contributed by atoms with Crippen LogP contribution in [-0.4, -0.2) is 24.0 Å². The molecule has 11 heavy (non-hydrogen) atoms. The molecule has 1 N–H and O–H groups in total. The minimum Gasteiger partial charge on any atom is -0.300 e. The van der Waals surface area contributed by atoms with Crippen LogP contribution in [0.3, 0.4) is 0 Å². The lowest BCUT2D eigenvalue weighted by molar-refractivity contribution is -0.120. The smallest absolute Gasteiger partial charge is 0.268 e. The summed E-state index contributed by atoms with van der Waals surface area (Å²) in [5.41, 5.74) is 0. The van der Waals surface area contributed by atoms with Crippen molar-refractivity contribution in [3.8, 4) is 0 Å². The van der Waals surface area contributed by atoms with Crippen molar-refractivity contribution in [2.45, 2.75) is 30.9 Å². The average molecular weight is 178 g/mol. The molecule has 4 nitrogen and oxygen atoms in total. The summed E-state index contributed by atoms with van der Waals surface area (Å²) < 4.78 is 29.7. The summed E-state index contributed by atoms with van der Waals surface area (Å²) >= 11 is 0. The predicted molar refractivity (Wildman–Crippen MR) is 38.8 cm³/mol. The van der Waals surface area contributed by atoms with Gasteiger partial charge in [-0.3, -0.25) is 9.35 Å². The Balaban J connectivity index is 2.68. The SMILES string of the molecule is O=C1CCC[C@H](S(=O)(=O)O)C1. The number of ketones is 1. The van der Waals surface area contributed by atoms with Gasteiger partial charge in [-0.2, -0.15) is 8.42 Å². The zero-order valence-corrected chi connectivity index (χ0v) is 6.80. The lowest BCUT2D eigenvalue weighted by atomic mass is 9.99. The Hall–Kier alpha value is -0.420. The first-order valence-corrected chi connectivity index (χ1v) is 4.98. The normalized spacial score (nSPS) is 27.0. The molecule has 0 saturated heterocycles. The van der Waals surface area contributed by atoms with E-state index in [9.17, 15) is 13.2 Å². The molecule has 0 spiro atoms. The van der Waals surface area contributed by atoms with Crippen LogP contribution < -0.4 is 0 Å². The highest BCUT2D eigenvalue weighted by molar-refractivity contribution is 7.86. The van der Waals surface area contributed by atoms with Crippen LogP contribution in [0.4, 0.5) is 0 Å². The van der Waals surface area contributed by atoms with Gasteiger partial charge >= 0.3 is 0 Å². The van der Waals surface area contributed by atoms with Crippen molar-refractivity contribution in [2.24, 2.45) is 0 Å². The van der Waals surface area contributed by atoms with E-state index >= 15 is 0 Å². The molecule has 0 aromatic rings. The van der Waals surface area contributed by atoms with Gasteiger partial charge in [0.25, 0.3) is 10.1 Å². The Morgan fingerprint density at radius 3 is 2.45 bits per heavy atom. The number of carbonyl (C=O) groups is 1. The minimum absolute atomic E-state index is 0.0150. The van der Waals surface area contributed by atoms with Crippen LogP contribution in [-0.2, 0) is 14.9 Å². The molecule has 0 radical (unpaired) electrons. The van der Waals surface area contributed by atoms with Crippen LogP contribution >= 0.6 is 0 Å². The molecule has 64 valence electrons. The van der Waals surface area contributed by atoms with Gasteiger partial charge < -0.3 is 0 Å². The fraction of sp³-hybridized carbons (Fsp3) is 0.833. The van der Waals surface area contributed by atoms with Crippen molar-refractivity contribution in [1.82, 2.24) is 0 Å². The Labute approximate surface area is 65.3 Å². The fourth-order valence-electron chi connectivity index (χ4n) is 1.24. The Kier molecular flexibility index (Phi) is 2.29. The van der Waals surface area contributed by atoms with Crippen molar-refractivity contribution < 1.29 is 17.8 Å². The van der Waals surface area contributed by atoms with E-state index in [-0.39, 0.29) is 12.2 Å². The molecule has 0 aromatic carbocycles.